The van der Waals surface area contributed by atoms with Gasteiger partial charge in [-0.05, 0) is 6.92 Å². The highest BCUT2D eigenvalue weighted by molar-refractivity contribution is 5.98. The molecule has 0 aromatic rings. The molecule has 0 spiro atoms. The minimum atomic E-state index is -0.454. The molecule has 2 nitrogen and oxygen atoms in total. The molecule has 11 heavy (non-hydrogen) atoms. The summed E-state index contributed by atoms with van der Waals surface area (Å²) in [5.41, 5.74) is 0.477. The Labute approximate surface area is 66.5 Å². The maximum atomic E-state index is 10.9. The standard InChI is InChI=1S/C9H12O2/c1-3-5-8(6-4-2)9(11)7-10/h3-6,10H,1,7H2,2H3/b6-4-,8-5+. The molecule has 0 aliphatic heterocycles. The van der Waals surface area contributed by atoms with E-state index in [1.54, 1.807) is 18.2 Å². The molecule has 0 bridgehead atoms. The van der Waals surface area contributed by atoms with Crippen molar-refractivity contribution in [3.8, 4) is 0 Å². The number of hydrogen-bond acceptors (Lipinski definition) is 2. The van der Waals surface area contributed by atoms with Crippen molar-refractivity contribution >= 4 is 5.78 Å². The highest BCUT2D eigenvalue weighted by Gasteiger charge is 2.01. The summed E-state index contributed by atoms with van der Waals surface area (Å²) in [6.45, 7) is 4.81. The zero-order chi connectivity index (χ0) is 8.69. The third kappa shape index (κ3) is 3.53. The lowest BCUT2D eigenvalue weighted by molar-refractivity contribution is -0.117. The number of Topliss-reactive ketones (excluding diaryl/α,β-unsaturated/α-hetero) is 1. The van der Waals surface area contributed by atoms with E-state index in [0.29, 0.717) is 5.57 Å². The van der Waals surface area contributed by atoms with E-state index in [9.17, 15) is 4.79 Å². The van der Waals surface area contributed by atoms with Crippen LogP contribution in [0.2, 0.25) is 0 Å². The topological polar surface area (TPSA) is 37.3 Å². The molecule has 0 aliphatic rings. The van der Waals surface area contributed by atoms with Crippen molar-refractivity contribution in [2.24, 2.45) is 0 Å². The SMILES string of the molecule is C=C/C=C(\C=C/C)C(=O)CO. The molecule has 0 rings (SSSR count). The van der Waals surface area contributed by atoms with Gasteiger partial charge in [0.2, 0.25) is 0 Å². The Bertz CT molecular complexity index is 200. The molecular formula is C9H12O2. The number of ketones is 1. The van der Waals surface area contributed by atoms with Crippen LogP contribution in [0.5, 0.6) is 0 Å². The van der Waals surface area contributed by atoms with Crippen molar-refractivity contribution in [1.82, 2.24) is 0 Å². The van der Waals surface area contributed by atoms with Gasteiger partial charge in [0.1, 0.15) is 6.61 Å². The minimum absolute atomic E-state index is 0.289. The summed E-state index contributed by atoms with van der Waals surface area (Å²) in [7, 11) is 0. The van der Waals surface area contributed by atoms with Crippen LogP contribution in [0.25, 0.3) is 0 Å². The Morgan fingerprint density at radius 1 is 1.64 bits per heavy atom. The Hall–Kier alpha value is -1.15. The number of aliphatic hydroxyl groups is 1. The van der Waals surface area contributed by atoms with Crippen LogP contribution in [0.4, 0.5) is 0 Å². The average Bonchev–Trinajstić information content (AvgIpc) is 2.03. The maximum absolute atomic E-state index is 10.9. The van der Waals surface area contributed by atoms with Crippen LogP contribution < -0.4 is 0 Å². The predicted octanol–water partition coefficient (Wildman–Crippen LogP) is 1.24. The predicted molar refractivity (Wildman–Crippen MR) is 45.2 cm³/mol. The van der Waals surface area contributed by atoms with Crippen molar-refractivity contribution in [2.45, 2.75) is 6.92 Å². The van der Waals surface area contributed by atoms with Gasteiger partial charge in [-0.3, -0.25) is 4.79 Å². The normalized spacial score (nSPS) is 12.0. The van der Waals surface area contributed by atoms with Gasteiger partial charge in [-0.25, -0.2) is 0 Å². The zero-order valence-electron chi connectivity index (χ0n) is 6.58. The van der Waals surface area contributed by atoms with Gasteiger partial charge in [0.25, 0.3) is 0 Å². The summed E-state index contributed by atoms with van der Waals surface area (Å²) in [5, 5.41) is 8.50. The van der Waals surface area contributed by atoms with Crippen LogP contribution in [0.15, 0.2) is 36.5 Å². The number of carbonyl (C=O) groups excluding carboxylic acids is 1. The van der Waals surface area contributed by atoms with Crippen molar-refractivity contribution in [3.63, 3.8) is 0 Å². The van der Waals surface area contributed by atoms with E-state index in [2.05, 4.69) is 6.58 Å². The Morgan fingerprint density at radius 3 is 2.64 bits per heavy atom. The summed E-state index contributed by atoms with van der Waals surface area (Å²) < 4.78 is 0. The second-order valence-corrected chi connectivity index (χ2v) is 1.94. The first-order valence-electron chi connectivity index (χ1n) is 3.35. The molecular weight excluding hydrogens is 140 g/mol. The third-order valence-corrected chi connectivity index (χ3v) is 1.11. The van der Waals surface area contributed by atoms with Crippen molar-refractivity contribution in [1.29, 1.82) is 0 Å². The molecule has 1 N–H and O–H groups in total. The molecule has 0 amide bonds. The third-order valence-electron chi connectivity index (χ3n) is 1.11. The number of hydrogen-bond donors (Lipinski definition) is 1. The highest BCUT2D eigenvalue weighted by Crippen LogP contribution is 1.98. The zero-order valence-corrected chi connectivity index (χ0v) is 6.58. The maximum Gasteiger partial charge on any atom is 0.188 e. The molecule has 0 aromatic carbocycles. The lowest BCUT2D eigenvalue weighted by atomic mass is 10.1. The summed E-state index contributed by atoms with van der Waals surface area (Å²) in [5.74, 6) is -0.289. The first kappa shape index (κ1) is 9.85. The molecule has 0 saturated carbocycles. The van der Waals surface area contributed by atoms with E-state index in [0.717, 1.165) is 0 Å². The molecule has 0 atom stereocenters. The van der Waals surface area contributed by atoms with Crippen molar-refractivity contribution < 1.29 is 9.90 Å². The molecule has 0 aromatic heterocycles. The highest BCUT2D eigenvalue weighted by atomic mass is 16.3. The molecule has 0 heterocycles. The Morgan fingerprint density at radius 2 is 2.27 bits per heavy atom. The number of carbonyl (C=O) groups is 1. The summed E-state index contributed by atoms with van der Waals surface area (Å²) in [4.78, 5) is 10.9. The Balaban J connectivity index is 4.46. The largest absolute Gasteiger partial charge is 0.388 e. The van der Waals surface area contributed by atoms with Crippen LogP contribution in [0.1, 0.15) is 6.92 Å². The van der Waals surface area contributed by atoms with Gasteiger partial charge in [0.05, 0.1) is 0 Å². The van der Waals surface area contributed by atoms with E-state index in [1.165, 1.54) is 6.08 Å². The van der Waals surface area contributed by atoms with Gasteiger partial charge in [-0.15, -0.1) is 0 Å². The fourth-order valence-electron chi connectivity index (χ4n) is 0.639. The summed E-state index contributed by atoms with van der Waals surface area (Å²) in [6.07, 6.45) is 6.46. The van der Waals surface area contributed by atoms with Crippen LogP contribution in [-0.2, 0) is 4.79 Å². The van der Waals surface area contributed by atoms with Gasteiger partial charge in [-0.2, -0.15) is 0 Å². The molecule has 2 heteroatoms. The summed E-state index contributed by atoms with van der Waals surface area (Å²) >= 11 is 0. The van der Waals surface area contributed by atoms with Crippen LogP contribution >= 0.6 is 0 Å². The Kier molecular flexibility index (Phi) is 5.03. The lowest BCUT2D eigenvalue weighted by Crippen LogP contribution is -2.05. The molecule has 0 unspecified atom stereocenters. The molecule has 0 saturated heterocycles. The fraction of sp³-hybridized carbons (Fsp3) is 0.222. The van der Waals surface area contributed by atoms with Gasteiger partial charge in [0, 0.05) is 5.57 Å². The summed E-state index contributed by atoms with van der Waals surface area (Å²) in [6, 6.07) is 0. The minimum Gasteiger partial charge on any atom is -0.388 e. The molecule has 0 fully saturated rings. The van der Waals surface area contributed by atoms with E-state index in [1.807, 2.05) is 6.92 Å². The molecule has 60 valence electrons. The van der Waals surface area contributed by atoms with Gasteiger partial charge < -0.3 is 5.11 Å². The van der Waals surface area contributed by atoms with E-state index < -0.39 is 6.61 Å². The number of rotatable bonds is 4. The van der Waals surface area contributed by atoms with Gasteiger partial charge >= 0.3 is 0 Å². The molecule has 0 radical (unpaired) electrons. The first-order chi connectivity index (χ1) is 5.26. The monoisotopic (exact) mass is 152 g/mol. The van der Waals surface area contributed by atoms with Gasteiger partial charge in [0.15, 0.2) is 5.78 Å². The van der Waals surface area contributed by atoms with Crippen LogP contribution in [-0.4, -0.2) is 17.5 Å². The lowest BCUT2D eigenvalue weighted by Gasteiger charge is -1.94. The quantitative estimate of drug-likeness (QED) is 0.486. The molecule has 0 aliphatic carbocycles. The second-order valence-electron chi connectivity index (χ2n) is 1.94. The van der Waals surface area contributed by atoms with E-state index in [-0.39, 0.29) is 5.78 Å². The number of aliphatic hydroxyl groups excluding tert-OH is 1. The van der Waals surface area contributed by atoms with E-state index >= 15 is 0 Å². The van der Waals surface area contributed by atoms with Crippen molar-refractivity contribution in [3.05, 3.63) is 36.5 Å². The van der Waals surface area contributed by atoms with E-state index in [4.69, 9.17) is 5.11 Å². The van der Waals surface area contributed by atoms with Crippen molar-refractivity contribution in [2.75, 3.05) is 6.61 Å². The smallest absolute Gasteiger partial charge is 0.188 e. The second kappa shape index (κ2) is 5.62. The fourth-order valence-corrected chi connectivity index (χ4v) is 0.639. The number of allylic oxidation sites excluding steroid dienone is 4. The first-order valence-corrected chi connectivity index (χ1v) is 3.35. The van der Waals surface area contributed by atoms with Crippen LogP contribution in [0.3, 0.4) is 0 Å². The van der Waals surface area contributed by atoms with Crippen LogP contribution in [0, 0.1) is 0 Å². The van der Waals surface area contributed by atoms with Gasteiger partial charge in [-0.1, -0.05) is 30.9 Å². The average molecular weight is 152 g/mol.